The van der Waals surface area contributed by atoms with Crippen LogP contribution in [0.2, 0.25) is 0 Å². The van der Waals surface area contributed by atoms with Gasteiger partial charge in [0.2, 0.25) is 0 Å². The van der Waals surface area contributed by atoms with Crippen molar-refractivity contribution in [3.05, 3.63) is 35.9 Å². The van der Waals surface area contributed by atoms with Gasteiger partial charge in [-0.05, 0) is 11.6 Å². The molecule has 13 heavy (non-hydrogen) atoms. The van der Waals surface area contributed by atoms with E-state index in [1.54, 1.807) is 24.3 Å². The second kappa shape index (κ2) is 7.31. The van der Waals surface area contributed by atoms with E-state index in [4.69, 9.17) is 16.4 Å². The molecule has 4 heteroatoms. The van der Waals surface area contributed by atoms with Crippen molar-refractivity contribution in [3.8, 4) is 0 Å². The van der Waals surface area contributed by atoms with Crippen LogP contribution in [0.1, 0.15) is 10.4 Å². The first-order valence-corrected chi connectivity index (χ1v) is 3.81. The normalized spacial score (nSPS) is 7.85. The van der Waals surface area contributed by atoms with E-state index in [2.05, 4.69) is 4.74 Å². The number of benzene rings is 1. The van der Waals surface area contributed by atoms with Gasteiger partial charge in [-0.3, -0.25) is 9.59 Å². The number of ether oxygens (including phenoxy) is 1. The predicted molar refractivity (Wildman–Crippen MR) is 49.7 cm³/mol. The van der Waals surface area contributed by atoms with Gasteiger partial charge in [-0.2, -0.15) is 0 Å². The maximum absolute atomic E-state index is 10.4. The summed E-state index contributed by atoms with van der Waals surface area (Å²) >= 11 is 5.16. The molecule has 0 aromatic heterocycles. The zero-order valence-corrected chi connectivity index (χ0v) is 7.82. The SMILES string of the molecule is COC=O.O=C(Cl)c1ccccc1. The molecule has 1 aromatic rings. The Morgan fingerprint density at radius 2 is 1.85 bits per heavy atom. The summed E-state index contributed by atoms with van der Waals surface area (Å²) in [5.41, 5.74) is 0.541. The van der Waals surface area contributed by atoms with Gasteiger partial charge in [0.15, 0.2) is 0 Å². The first-order chi connectivity index (χ1) is 6.22. The van der Waals surface area contributed by atoms with Crippen LogP contribution < -0.4 is 0 Å². The fraction of sp³-hybridized carbons (Fsp3) is 0.111. The first-order valence-electron chi connectivity index (χ1n) is 3.43. The van der Waals surface area contributed by atoms with E-state index in [-0.39, 0.29) is 0 Å². The molecule has 1 rings (SSSR count). The molecule has 3 nitrogen and oxygen atoms in total. The number of hydrogen-bond donors (Lipinski definition) is 0. The summed E-state index contributed by atoms with van der Waals surface area (Å²) in [6.45, 7) is 0.375. The molecular weight excluding hydrogens is 192 g/mol. The van der Waals surface area contributed by atoms with Crippen LogP contribution in [0.4, 0.5) is 0 Å². The van der Waals surface area contributed by atoms with Crippen molar-refractivity contribution >= 4 is 23.3 Å². The van der Waals surface area contributed by atoms with Crippen molar-refractivity contribution in [1.82, 2.24) is 0 Å². The first kappa shape index (κ1) is 11.6. The number of carbonyl (C=O) groups excluding carboxylic acids is 2. The van der Waals surface area contributed by atoms with Crippen molar-refractivity contribution in [1.29, 1.82) is 0 Å². The third-order valence-corrected chi connectivity index (χ3v) is 1.32. The van der Waals surface area contributed by atoms with Crippen molar-refractivity contribution in [3.63, 3.8) is 0 Å². The summed E-state index contributed by atoms with van der Waals surface area (Å²) in [6, 6.07) is 8.74. The summed E-state index contributed by atoms with van der Waals surface area (Å²) in [5.74, 6) is 0. The molecule has 0 saturated heterocycles. The Bertz CT molecular complexity index is 259. The number of rotatable bonds is 2. The Morgan fingerprint density at radius 3 is 2.08 bits per heavy atom. The van der Waals surface area contributed by atoms with Gasteiger partial charge in [-0.15, -0.1) is 0 Å². The lowest BCUT2D eigenvalue weighted by Gasteiger charge is -1.87. The topological polar surface area (TPSA) is 43.4 Å². The lowest BCUT2D eigenvalue weighted by atomic mass is 10.2. The van der Waals surface area contributed by atoms with E-state index in [1.165, 1.54) is 7.11 Å². The minimum Gasteiger partial charge on any atom is -0.471 e. The molecule has 0 saturated carbocycles. The van der Waals surface area contributed by atoms with Gasteiger partial charge in [-0.25, -0.2) is 0 Å². The average Bonchev–Trinajstić information content (AvgIpc) is 2.19. The van der Waals surface area contributed by atoms with Gasteiger partial charge < -0.3 is 4.74 Å². The highest BCUT2D eigenvalue weighted by Gasteiger charge is 1.95. The van der Waals surface area contributed by atoms with Crippen LogP contribution in [-0.4, -0.2) is 18.8 Å². The van der Waals surface area contributed by atoms with Gasteiger partial charge in [0.05, 0.1) is 7.11 Å². The summed E-state index contributed by atoms with van der Waals surface area (Å²) in [7, 11) is 1.31. The largest absolute Gasteiger partial charge is 0.471 e. The predicted octanol–water partition coefficient (Wildman–Crippen LogP) is 1.85. The standard InChI is InChI=1S/C7H5ClO.C2H4O2/c8-7(9)6-4-2-1-3-5-6;1-4-2-3/h1-5H;2H,1H3. The fourth-order valence-corrected chi connectivity index (χ4v) is 0.695. The second-order valence-electron chi connectivity index (χ2n) is 1.97. The zero-order valence-electron chi connectivity index (χ0n) is 7.07. The lowest BCUT2D eigenvalue weighted by molar-refractivity contribution is -0.126. The van der Waals surface area contributed by atoms with Crippen molar-refractivity contribution in [2.24, 2.45) is 0 Å². The zero-order chi connectivity index (χ0) is 10.1. The van der Waals surface area contributed by atoms with Crippen LogP contribution in [0.15, 0.2) is 30.3 Å². The van der Waals surface area contributed by atoms with Gasteiger partial charge in [0.1, 0.15) is 0 Å². The third kappa shape index (κ3) is 5.87. The molecule has 0 fully saturated rings. The van der Waals surface area contributed by atoms with E-state index in [0.29, 0.717) is 12.0 Å². The number of halogens is 1. The molecule has 0 unspecified atom stereocenters. The molecule has 0 bridgehead atoms. The molecule has 0 aliphatic carbocycles. The van der Waals surface area contributed by atoms with Crippen molar-refractivity contribution < 1.29 is 14.3 Å². The highest BCUT2D eigenvalue weighted by Crippen LogP contribution is 2.01. The number of hydrogen-bond acceptors (Lipinski definition) is 3. The molecule has 0 aliphatic heterocycles. The Balaban J connectivity index is 0.000000310. The number of methoxy groups -OCH3 is 1. The minimum absolute atomic E-state index is 0.375. The van der Waals surface area contributed by atoms with Crippen LogP contribution in [0, 0.1) is 0 Å². The smallest absolute Gasteiger partial charge is 0.292 e. The Hall–Kier alpha value is -1.35. The van der Waals surface area contributed by atoms with Crippen LogP contribution >= 0.6 is 11.6 Å². The summed E-state index contributed by atoms with van der Waals surface area (Å²) in [4.78, 5) is 19.4. The summed E-state index contributed by atoms with van der Waals surface area (Å²) < 4.78 is 3.86. The third-order valence-electron chi connectivity index (χ3n) is 1.10. The molecule has 0 spiro atoms. The van der Waals surface area contributed by atoms with E-state index in [1.807, 2.05) is 6.07 Å². The van der Waals surface area contributed by atoms with Gasteiger partial charge >= 0.3 is 0 Å². The fourth-order valence-electron chi connectivity index (χ4n) is 0.569. The summed E-state index contributed by atoms with van der Waals surface area (Å²) in [5, 5.41) is -0.407. The second-order valence-corrected chi connectivity index (χ2v) is 2.31. The molecule has 0 aliphatic rings. The van der Waals surface area contributed by atoms with E-state index in [9.17, 15) is 4.79 Å². The van der Waals surface area contributed by atoms with Crippen LogP contribution in [0.25, 0.3) is 0 Å². The number of carbonyl (C=O) groups is 2. The van der Waals surface area contributed by atoms with E-state index >= 15 is 0 Å². The van der Waals surface area contributed by atoms with Crippen molar-refractivity contribution in [2.75, 3.05) is 7.11 Å². The maximum atomic E-state index is 10.4. The Labute approximate surface area is 81.3 Å². The summed E-state index contributed by atoms with van der Waals surface area (Å²) in [6.07, 6.45) is 0. The quantitative estimate of drug-likeness (QED) is 0.541. The lowest BCUT2D eigenvalue weighted by Crippen LogP contribution is -1.84. The maximum Gasteiger partial charge on any atom is 0.292 e. The molecule has 0 N–H and O–H groups in total. The minimum atomic E-state index is -0.407. The molecule has 0 atom stereocenters. The molecule has 0 radical (unpaired) electrons. The van der Waals surface area contributed by atoms with Crippen molar-refractivity contribution in [2.45, 2.75) is 0 Å². The monoisotopic (exact) mass is 200 g/mol. The molecule has 0 heterocycles. The Kier molecular flexibility index (Phi) is 6.55. The van der Waals surface area contributed by atoms with E-state index in [0.717, 1.165) is 0 Å². The van der Waals surface area contributed by atoms with Crippen LogP contribution in [-0.2, 0) is 9.53 Å². The Morgan fingerprint density at radius 1 is 1.38 bits per heavy atom. The van der Waals surface area contributed by atoms with Crippen LogP contribution in [0.5, 0.6) is 0 Å². The van der Waals surface area contributed by atoms with Crippen LogP contribution in [0.3, 0.4) is 0 Å². The van der Waals surface area contributed by atoms with Gasteiger partial charge in [-0.1, -0.05) is 30.3 Å². The average molecular weight is 201 g/mol. The highest BCUT2D eigenvalue weighted by atomic mass is 35.5. The molecular formula is C9H9ClO3. The van der Waals surface area contributed by atoms with Gasteiger partial charge in [0.25, 0.3) is 11.7 Å². The molecule has 70 valence electrons. The molecule has 0 amide bonds. The van der Waals surface area contributed by atoms with Gasteiger partial charge in [0, 0.05) is 5.56 Å². The molecule has 1 aromatic carbocycles. The van der Waals surface area contributed by atoms with E-state index < -0.39 is 5.24 Å². The highest BCUT2D eigenvalue weighted by molar-refractivity contribution is 6.67.